The zero-order valence-electron chi connectivity index (χ0n) is 14.8. The van der Waals surface area contributed by atoms with E-state index in [4.69, 9.17) is 15.6 Å². The van der Waals surface area contributed by atoms with Gasteiger partial charge in [0, 0.05) is 25.4 Å². The van der Waals surface area contributed by atoms with Gasteiger partial charge >= 0.3 is 12.1 Å². The molecular weight excluding hydrogens is 397 g/mol. The smallest absolute Gasteiger partial charge is 0.475 e. The van der Waals surface area contributed by atoms with Crippen LogP contribution in [0, 0.1) is 0 Å². The Morgan fingerprint density at radius 2 is 2.07 bits per heavy atom. The third kappa shape index (κ3) is 5.82. The lowest BCUT2D eigenvalue weighted by atomic mass is 10.3. The number of carboxylic acid groups (broad SMARTS) is 1. The van der Waals surface area contributed by atoms with Crippen molar-refractivity contribution < 1.29 is 23.1 Å². The summed E-state index contributed by atoms with van der Waals surface area (Å²) in [4.78, 5) is 14.4. The van der Waals surface area contributed by atoms with Crippen molar-refractivity contribution in [3.63, 3.8) is 0 Å². The first-order valence-electron chi connectivity index (χ1n) is 8.17. The summed E-state index contributed by atoms with van der Waals surface area (Å²) >= 11 is 1.68. The van der Waals surface area contributed by atoms with E-state index in [0.29, 0.717) is 5.82 Å². The van der Waals surface area contributed by atoms with Gasteiger partial charge in [0.15, 0.2) is 0 Å². The molecule has 0 saturated carbocycles. The molecule has 0 aliphatic heterocycles. The number of thiophene rings is 1. The van der Waals surface area contributed by atoms with Crippen molar-refractivity contribution in [2.24, 2.45) is 0 Å². The van der Waals surface area contributed by atoms with Crippen LogP contribution in [0.3, 0.4) is 0 Å². The molecular formula is C16H19F3N6O2S. The van der Waals surface area contributed by atoms with E-state index in [-0.39, 0.29) is 0 Å². The number of carbonyl (C=O) groups is 1. The Hall–Kier alpha value is -2.86. The number of halogens is 3. The van der Waals surface area contributed by atoms with Gasteiger partial charge in [-0.15, -0.1) is 11.3 Å². The van der Waals surface area contributed by atoms with Crippen LogP contribution in [0.4, 0.5) is 24.7 Å². The topological polar surface area (TPSA) is 129 Å². The van der Waals surface area contributed by atoms with Gasteiger partial charge in [-0.25, -0.2) is 9.78 Å². The van der Waals surface area contributed by atoms with Gasteiger partial charge < -0.3 is 21.5 Å². The van der Waals surface area contributed by atoms with E-state index in [1.807, 2.05) is 18.2 Å². The highest BCUT2D eigenvalue weighted by Crippen LogP contribution is 2.36. The molecule has 28 heavy (non-hydrogen) atoms. The molecule has 0 amide bonds. The van der Waals surface area contributed by atoms with Crippen molar-refractivity contribution in [3.05, 3.63) is 24.4 Å². The number of aromatic nitrogens is 3. The summed E-state index contributed by atoms with van der Waals surface area (Å²) in [6.45, 7) is 4.83. The number of anilines is 2. The average Bonchev–Trinajstić information content (AvgIpc) is 3.27. The maximum Gasteiger partial charge on any atom is 0.490 e. The van der Waals surface area contributed by atoms with E-state index in [2.05, 4.69) is 32.7 Å². The van der Waals surface area contributed by atoms with E-state index < -0.39 is 12.1 Å². The molecule has 0 atom stereocenters. The predicted molar refractivity (Wildman–Crippen MR) is 102 cm³/mol. The summed E-state index contributed by atoms with van der Waals surface area (Å²) in [6.07, 6.45) is -3.34. The highest BCUT2D eigenvalue weighted by atomic mass is 32.1. The number of rotatable bonds is 6. The third-order valence-corrected chi connectivity index (χ3v) is 4.57. The second kappa shape index (κ2) is 9.37. The number of nitrogens with zero attached hydrogens (tertiary/aromatic N) is 2. The molecule has 6 N–H and O–H groups in total. The number of likely N-dealkylation sites (N-methyl/N-ethyl adjacent to an activating group) is 1. The largest absolute Gasteiger partial charge is 0.490 e. The summed E-state index contributed by atoms with van der Waals surface area (Å²) in [5.41, 5.74) is 8.84. The Kier molecular flexibility index (Phi) is 7.18. The summed E-state index contributed by atoms with van der Waals surface area (Å²) in [5, 5.41) is 20.8. The molecule has 3 rings (SSSR count). The number of pyridine rings is 1. The molecule has 12 heteroatoms. The van der Waals surface area contributed by atoms with Gasteiger partial charge in [-0.2, -0.15) is 18.3 Å². The predicted octanol–water partition coefficient (Wildman–Crippen LogP) is 2.92. The van der Waals surface area contributed by atoms with Crippen LogP contribution in [0.2, 0.25) is 0 Å². The van der Waals surface area contributed by atoms with Crippen molar-refractivity contribution in [3.8, 4) is 10.6 Å². The van der Waals surface area contributed by atoms with E-state index in [1.165, 1.54) is 0 Å². The molecule has 0 bridgehead atoms. The second-order valence-corrected chi connectivity index (χ2v) is 6.53. The number of alkyl halides is 3. The van der Waals surface area contributed by atoms with E-state index in [1.54, 1.807) is 17.5 Å². The molecule has 0 saturated heterocycles. The Morgan fingerprint density at radius 3 is 2.64 bits per heavy atom. The molecule has 0 fully saturated rings. The fraction of sp³-hybridized carbons (Fsp3) is 0.312. The number of fused-ring (bicyclic) bond motifs is 1. The van der Waals surface area contributed by atoms with Gasteiger partial charge in [0.05, 0.1) is 26.5 Å². The minimum absolute atomic E-state index is 0.530. The van der Waals surface area contributed by atoms with Gasteiger partial charge in [0.2, 0.25) is 0 Å². The summed E-state index contributed by atoms with van der Waals surface area (Å²) < 4.78 is 32.9. The molecule has 0 radical (unpaired) electrons. The first kappa shape index (κ1) is 21.4. The van der Waals surface area contributed by atoms with Crippen LogP contribution in [-0.4, -0.2) is 52.1 Å². The molecule has 0 aliphatic rings. The standard InChI is InChI=1S/C14H18N6S.C2HF3O2/c1-2-16-5-6-17-10-8-13(15)19-11-7-12(21-14(10)11)9-3-4-18-20-9;3-2(4,5)1(6)7/h3-4,7-8,16H,2,5-6H2,1H3,(H,18,20)(H3,15,17,19);(H,6,7). The van der Waals surface area contributed by atoms with Gasteiger partial charge in [-0.1, -0.05) is 6.92 Å². The van der Waals surface area contributed by atoms with E-state index in [0.717, 1.165) is 46.1 Å². The van der Waals surface area contributed by atoms with E-state index in [9.17, 15) is 13.2 Å². The zero-order valence-corrected chi connectivity index (χ0v) is 15.6. The van der Waals surface area contributed by atoms with Gasteiger partial charge in [0.25, 0.3) is 0 Å². The number of nitrogen functional groups attached to an aromatic ring is 1. The molecule has 3 aromatic rings. The van der Waals surface area contributed by atoms with Gasteiger partial charge in [-0.3, -0.25) is 5.10 Å². The molecule has 152 valence electrons. The van der Waals surface area contributed by atoms with Crippen LogP contribution in [0.1, 0.15) is 6.92 Å². The van der Waals surface area contributed by atoms with Crippen LogP contribution < -0.4 is 16.4 Å². The number of carboxylic acids is 1. The fourth-order valence-electron chi connectivity index (χ4n) is 2.16. The highest BCUT2D eigenvalue weighted by molar-refractivity contribution is 7.22. The lowest BCUT2D eigenvalue weighted by Gasteiger charge is -2.08. The Balaban J connectivity index is 0.000000345. The molecule has 0 aromatic carbocycles. The minimum atomic E-state index is -5.08. The number of H-pyrrole nitrogens is 1. The third-order valence-electron chi connectivity index (χ3n) is 3.37. The Morgan fingerprint density at radius 1 is 1.36 bits per heavy atom. The maximum absolute atomic E-state index is 10.6. The monoisotopic (exact) mass is 416 g/mol. The molecule has 0 aliphatic carbocycles. The van der Waals surface area contributed by atoms with Crippen molar-refractivity contribution in [1.29, 1.82) is 0 Å². The van der Waals surface area contributed by atoms with Crippen molar-refractivity contribution in [1.82, 2.24) is 20.5 Å². The summed E-state index contributed by atoms with van der Waals surface area (Å²) in [6, 6.07) is 5.88. The minimum Gasteiger partial charge on any atom is -0.475 e. The maximum atomic E-state index is 10.6. The number of aromatic amines is 1. The SMILES string of the molecule is CCNCCNc1cc(N)nc2cc(-c3ccn[nH]3)sc12.O=C(O)C(F)(F)F. The van der Waals surface area contributed by atoms with Crippen LogP contribution in [0.5, 0.6) is 0 Å². The summed E-state index contributed by atoms with van der Waals surface area (Å²) in [7, 11) is 0. The molecule has 3 aromatic heterocycles. The van der Waals surface area contributed by atoms with Crippen LogP contribution in [0.25, 0.3) is 20.8 Å². The van der Waals surface area contributed by atoms with E-state index >= 15 is 0 Å². The van der Waals surface area contributed by atoms with Crippen LogP contribution in [0.15, 0.2) is 24.4 Å². The number of aliphatic carboxylic acids is 1. The number of hydrogen-bond acceptors (Lipinski definition) is 7. The fourth-order valence-corrected chi connectivity index (χ4v) is 3.23. The molecule has 8 nitrogen and oxygen atoms in total. The van der Waals surface area contributed by atoms with Crippen LogP contribution in [-0.2, 0) is 4.79 Å². The molecule has 3 heterocycles. The number of nitrogens with two attached hydrogens (primary N) is 1. The van der Waals surface area contributed by atoms with Crippen molar-refractivity contribution >= 4 is 39.0 Å². The summed E-state index contributed by atoms with van der Waals surface area (Å²) in [5.74, 6) is -2.23. The highest BCUT2D eigenvalue weighted by Gasteiger charge is 2.38. The van der Waals surface area contributed by atoms with Gasteiger partial charge in [-0.05, 0) is 18.7 Å². The molecule has 0 unspecified atom stereocenters. The number of hydrogen-bond donors (Lipinski definition) is 5. The van der Waals surface area contributed by atoms with Crippen molar-refractivity contribution in [2.75, 3.05) is 30.7 Å². The Labute approximate surface area is 162 Å². The van der Waals surface area contributed by atoms with Crippen molar-refractivity contribution in [2.45, 2.75) is 13.1 Å². The first-order chi connectivity index (χ1) is 13.2. The van der Waals surface area contributed by atoms with Crippen LogP contribution >= 0.6 is 11.3 Å². The zero-order chi connectivity index (χ0) is 20.7. The lowest BCUT2D eigenvalue weighted by Crippen LogP contribution is -2.21. The Bertz CT molecular complexity index is 911. The normalized spacial score (nSPS) is 11.1. The first-order valence-corrected chi connectivity index (χ1v) is 8.98. The van der Waals surface area contributed by atoms with Gasteiger partial charge in [0.1, 0.15) is 5.82 Å². The second-order valence-electron chi connectivity index (χ2n) is 5.47. The number of nitrogens with one attached hydrogen (secondary N) is 3. The lowest BCUT2D eigenvalue weighted by molar-refractivity contribution is -0.192. The quantitative estimate of drug-likeness (QED) is 0.391. The molecule has 0 spiro atoms. The average molecular weight is 416 g/mol.